The highest BCUT2D eigenvalue weighted by molar-refractivity contribution is 5.00. The van der Waals surface area contributed by atoms with E-state index in [2.05, 4.69) is 0 Å². The zero-order valence-corrected chi connectivity index (χ0v) is 7.59. The molecule has 0 aliphatic heterocycles. The van der Waals surface area contributed by atoms with Gasteiger partial charge in [-0.2, -0.15) is 0 Å². The number of ether oxygens (including phenoxy) is 2. The van der Waals surface area contributed by atoms with Crippen LogP contribution in [-0.2, 0) is 9.47 Å². The Labute approximate surface area is 89.7 Å². The molecule has 1 aliphatic rings. The second kappa shape index (κ2) is 6.13. The van der Waals surface area contributed by atoms with E-state index in [4.69, 9.17) is 24.8 Å². The van der Waals surface area contributed by atoms with Crippen molar-refractivity contribution in [3.8, 4) is 0 Å². The lowest BCUT2D eigenvalue weighted by molar-refractivity contribution is 0.0502. The molecule has 0 radical (unpaired) electrons. The zero-order valence-electron chi connectivity index (χ0n) is 14.6. The summed E-state index contributed by atoms with van der Waals surface area (Å²) in [7, 11) is 1.02. The fraction of sp³-hybridized carbons (Fsp3) is 0.800. The first-order valence-corrected chi connectivity index (χ1v) is 4.09. The van der Waals surface area contributed by atoms with E-state index in [1.807, 2.05) is 0 Å². The van der Waals surface area contributed by atoms with Crippen LogP contribution in [0.1, 0.15) is 28.8 Å². The number of methoxy groups -OCH3 is 1. The van der Waals surface area contributed by atoms with Crippen molar-refractivity contribution in [2.24, 2.45) is 5.73 Å². The van der Waals surface area contributed by atoms with Gasteiger partial charge in [-0.3, -0.25) is 0 Å². The summed E-state index contributed by atoms with van der Waals surface area (Å²) in [4.78, 5) is 0. The predicted molar refractivity (Wildman–Crippen MR) is 52.6 cm³/mol. The lowest BCUT2D eigenvalue weighted by Crippen LogP contribution is -2.21. The summed E-state index contributed by atoms with van der Waals surface area (Å²) >= 11 is 0. The molecule has 3 nitrogen and oxygen atoms in total. The minimum absolute atomic E-state index is 0.0443. The van der Waals surface area contributed by atoms with Gasteiger partial charge in [0.05, 0.1) is 16.3 Å². The maximum absolute atomic E-state index is 8.03. The number of nitrogens with two attached hydrogens (primary N) is 1. The van der Waals surface area contributed by atoms with Crippen molar-refractivity contribution in [2.45, 2.75) is 31.3 Å². The van der Waals surface area contributed by atoms with Gasteiger partial charge in [-0.1, -0.05) is 12.1 Å². The van der Waals surface area contributed by atoms with E-state index >= 15 is 0 Å². The van der Waals surface area contributed by atoms with E-state index in [-0.39, 0.29) is 13.2 Å². The minimum atomic E-state index is -2.94. The Morgan fingerprint density at radius 2 is 2.46 bits per heavy atom. The highest BCUT2D eigenvalue weighted by Gasteiger charge is 2.14. The summed E-state index contributed by atoms with van der Waals surface area (Å²) in [5.74, 6) is 0. The van der Waals surface area contributed by atoms with Gasteiger partial charge in [-0.15, -0.1) is 0 Å². The van der Waals surface area contributed by atoms with Gasteiger partial charge in [-0.25, -0.2) is 0 Å². The van der Waals surface area contributed by atoms with E-state index in [1.54, 1.807) is 0 Å². The monoisotopic (exact) mass is 192 g/mol. The first-order valence-electron chi connectivity index (χ1n) is 7.59. The molecular formula is C10H19NO2. The SMILES string of the molecule is [2H]C1=CC([2H])(OCCCN)C([2H])([2H])C([2H])([2H])C1([2H])OC. The molecule has 1 rings (SSSR count). The summed E-state index contributed by atoms with van der Waals surface area (Å²) in [5.41, 5.74) is 5.29. The summed E-state index contributed by atoms with van der Waals surface area (Å²) in [6.07, 6.45) is -9.61. The van der Waals surface area contributed by atoms with Gasteiger partial charge in [0.25, 0.3) is 0 Å². The maximum Gasteiger partial charge on any atom is 0.0757 e. The minimum Gasteiger partial charge on any atom is -0.377 e. The summed E-state index contributed by atoms with van der Waals surface area (Å²) in [6.45, 7) is 0.237. The topological polar surface area (TPSA) is 44.5 Å². The molecule has 2 atom stereocenters. The van der Waals surface area contributed by atoms with Gasteiger partial charge in [0.2, 0.25) is 0 Å². The maximum atomic E-state index is 8.03. The second-order valence-corrected chi connectivity index (χ2v) is 2.43. The van der Waals surface area contributed by atoms with Crippen LogP contribution in [0.25, 0.3) is 0 Å². The Morgan fingerprint density at radius 1 is 1.69 bits per heavy atom. The van der Waals surface area contributed by atoms with E-state index in [0.29, 0.717) is 6.42 Å². The lowest BCUT2D eigenvalue weighted by Gasteiger charge is -2.21. The van der Waals surface area contributed by atoms with Crippen molar-refractivity contribution in [1.82, 2.24) is 0 Å². The quantitative estimate of drug-likeness (QED) is 0.524. The van der Waals surface area contributed by atoms with Gasteiger partial charge in [-0.05, 0) is 25.7 Å². The Morgan fingerprint density at radius 3 is 3.15 bits per heavy atom. The molecule has 0 bridgehead atoms. The van der Waals surface area contributed by atoms with Crippen molar-refractivity contribution in [3.63, 3.8) is 0 Å². The molecule has 2 unspecified atom stereocenters. The van der Waals surface area contributed by atoms with Crippen LogP contribution in [0.4, 0.5) is 0 Å². The largest absolute Gasteiger partial charge is 0.377 e. The number of hydrogen-bond donors (Lipinski definition) is 1. The van der Waals surface area contributed by atoms with Crippen LogP contribution < -0.4 is 5.73 Å². The first kappa shape index (κ1) is 4.43. The van der Waals surface area contributed by atoms with E-state index in [0.717, 1.165) is 13.2 Å². The van der Waals surface area contributed by atoms with Crippen LogP contribution >= 0.6 is 0 Å². The fourth-order valence-corrected chi connectivity index (χ4v) is 0.775. The molecule has 3 heteroatoms. The zero-order chi connectivity index (χ0) is 15.8. The smallest absolute Gasteiger partial charge is 0.0757 e. The second-order valence-electron chi connectivity index (χ2n) is 2.43. The molecule has 2 N–H and O–H groups in total. The van der Waals surface area contributed by atoms with E-state index in [1.165, 1.54) is 0 Å². The van der Waals surface area contributed by atoms with Crippen molar-refractivity contribution >= 4 is 0 Å². The molecular weight excluding hydrogens is 166 g/mol. The standard InChI is InChI=1S/C10H19NO2/c1-12-9-3-5-10(6-4-9)13-8-2-7-11/h3,5,9-10H,2,4,6-8,11H2,1H3/i3D,4D2,6D2,9D,10D. The van der Waals surface area contributed by atoms with Crippen LogP contribution in [0.3, 0.4) is 0 Å². The van der Waals surface area contributed by atoms with Crippen molar-refractivity contribution < 1.29 is 19.1 Å². The summed E-state index contributed by atoms with van der Waals surface area (Å²) in [6, 6.07) is -0.650. The van der Waals surface area contributed by atoms with Gasteiger partial charge in [0, 0.05) is 19.2 Å². The molecule has 0 heterocycles. The molecule has 0 aromatic carbocycles. The molecule has 0 fully saturated rings. The molecule has 76 valence electrons. The highest BCUT2D eigenvalue weighted by atomic mass is 16.5. The highest BCUT2D eigenvalue weighted by Crippen LogP contribution is 2.16. The van der Waals surface area contributed by atoms with Crippen LogP contribution in [0.5, 0.6) is 0 Å². The van der Waals surface area contributed by atoms with Gasteiger partial charge in [0.15, 0.2) is 0 Å². The van der Waals surface area contributed by atoms with E-state index < -0.39 is 31.0 Å². The lowest BCUT2D eigenvalue weighted by atomic mass is 10.0. The summed E-state index contributed by atoms with van der Waals surface area (Å²) in [5, 5.41) is 0. The van der Waals surface area contributed by atoms with Crippen molar-refractivity contribution in [1.29, 1.82) is 0 Å². The summed E-state index contributed by atoms with van der Waals surface area (Å²) < 4.78 is 64.9. The molecule has 0 spiro atoms. The average molecular weight is 192 g/mol. The van der Waals surface area contributed by atoms with Gasteiger partial charge >= 0.3 is 0 Å². The fourth-order valence-electron chi connectivity index (χ4n) is 0.775. The normalized spacial score (nSPS) is 55.5. The Bertz CT molecular complexity index is 403. The number of hydrogen-bond acceptors (Lipinski definition) is 3. The van der Waals surface area contributed by atoms with Gasteiger partial charge in [0.1, 0.15) is 0 Å². The van der Waals surface area contributed by atoms with Crippen LogP contribution in [-0.4, -0.2) is 32.4 Å². The molecule has 0 saturated carbocycles. The average Bonchev–Trinajstić information content (AvgIpc) is 2.35. The van der Waals surface area contributed by atoms with E-state index in [9.17, 15) is 0 Å². The molecule has 13 heavy (non-hydrogen) atoms. The van der Waals surface area contributed by atoms with Crippen molar-refractivity contribution in [3.05, 3.63) is 12.1 Å². The Hall–Kier alpha value is -0.380. The third-order valence-corrected chi connectivity index (χ3v) is 1.44. The molecule has 0 aromatic heterocycles. The number of rotatable bonds is 5. The third kappa shape index (κ3) is 3.89. The van der Waals surface area contributed by atoms with Crippen LogP contribution in [0.15, 0.2) is 12.1 Å². The molecule has 0 saturated heterocycles. The first-order chi connectivity index (χ1) is 9.00. The van der Waals surface area contributed by atoms with Crippen LogP contribution in [0.2, 0.25) is 0 Å². The van der Waals surface area contributed by atoms with Gasteiger partial charge < -0.3 is 15.2 Å². The van der Waals surface area contributed by atoms with Crippen molar-refractivity contribution in [2.75, 3.05) is 20.3 Å². The molecule has 1 aliphatic carbocycles. The third-order valence-electron chi connectivity index (χ3n) is 1.44. The molecule has 0 amide bonds. The molecule has 0 aromatic rings. The Balaban J connectivity index is 3.29. The predicted octanol–water partition coefficient (Wildman–Crippen LogP) is 1.09. The Kier molecular flexibility index (Phi) is 2.09. The van der Waals surface area contributed by atoms with Crippen LogP contribution in [0, 0.1) is 0 Å².